The summed E-state index contributed by atoms with van der Waals surface area (Å²) in [5, 5.41) is 8.06. The van der Waals surface area contributed by atoms with E-state index in [4.69, 9.17) is 5.10 Å². The van der Waals surface area contributed by atoms with E-state index >= 15 is 0 Å². The van der Waals surface area contributed by atoms with Gasteiger partial charge in [-0.05, 0) is 51.3 Å². The molecule has 0 atom stereocenters. The normalized spacial score (nSPS) is 15.1. The van der Waals surface area contributed by atoms with Crippen LogP contribution in [0.1, 0.15) is 40.9 Å². The molecule has 1 aromatic heterocycles. The Morgan fingerprint density at radius 3 is 2.65 bits per heavy atom. The second kappa shape index (κ2) is 8.49. The lowest BCUT2D eigenvalue weighted by Gasteiger charge is -2.19. The Morgan fingerprint density at radius 1 is 1.12 bits per heavy atom. The molecule has 1 fully saturated rings. The fourth-order valence-electron chi connectivity index (χ4n) is 3.60. The Balaban J connectivity index is 1.64. The van der Waals surface area contributed by atoms with Crippen LogP contribution in [0, 0.1) is 20.8 Å². The Morgan fingerprint density at radius 2 is 1.88 bits per heavy atom. The van der Waals surface area contributed by atoms with E-state index in [0.717, 1.165) is 51.3 Å². The molecule has 1 N–H and O–H groups in total. The molecule has 26 heavy (non-hydrogen) atoms. The van der Waals surface area contributed by atoms with Gasteiger partial charge in [-0.2, -0.15) is 5.10 Å². The summed E-state index contributed by atoms with van der Waals surface area (Å²) >= 11 is 0. The summed E-state index contributed by atoms with van der Waals surface area (Å²) in [7, 11) is 0. The zero-order valence-electron chi connectivity index (χ0n) is 16.2. The zero-order valence-corrected chi connectivity index (χ0v) is 16.2. The minimum Gasteiger partial charge on any atom is -0.341 e. The van der Waals surface area contributed by atoms with Gasteiger partial charge in [-0.1, -0.05) is 29.8 Å². The number of aromatic nitrogens is 2. The maximum absolute atomic E-state index is 12.5. The van der Waals surface area contributed by atoms with Crippen molar-refractivity contribution in [2.45, 2.75) is 46.6 Å². The topological polar surface area (TPSA) is 50.2 Å². The van der Waals surface area contributed by atoms with E-state index < -0.39 is 0 Å². The second-order valence-corrected chi connectivity index (χ2v) is 7.28. The average molecular weight is 354 g/mol. The van der Waals surface area contributed by atoms with Gasteiger partial charge in [-0.15, -0.1) is 0 Å². The van der Waals surface area contributed by atoms with E-state index in [1.165, 1.54) is 22.4 Å². The molecule has 0 aliphatic carbocycles. The maximum Gasteiger partial charge on any atom is 0.222 e. The highest BCUT2D eigenvalue weighted by atomic mass is 16.2. The maximum atomic E-state index is 12.5. The lowest BCUT2D eigenvalue weighted by Crippen LogP contribution is -2.34. The van der Waals surface area contributed by atoms with Crippen molar-refractivity contribution in [1.82, 2.24) is 20.0 Å². The molecule has 0 radical (unpaired) electrons. The first kappa shape index (κ1) is 18.6. The van der Waals surface area contributed by atoms with Crippen LogP contribution in [0.5, 0.6) is 0 Å². The number of nitrogens with one attached hydrogen (secondary N) is 1. The lowest BCUT2D eigenvalue weighted by molar-refractivity contribution is -0.130. The number of carbonyl (C=O) groups is 1. The van der Waals surface area contributed by atoms with Crippen molar-refractivity contribution in [2.75, 3.05) is 26.2 Å². The molecule has 1 aromatic carbocycles. The first-order valence-corrected chi connectivity index (χ1v) is 9.61. The highest BCUT2D eigenvalue weighted by molar-refractivity contribution is 5.76. The van der Waals surface area contributed by atoms with E-state index in [2.05, 4.69) is 48.1 Å². The first-order valence-electron chi connectivity index (χ1n) is 9.61. The third kappa shape index (κ3) is 4.52. The Kier molecular flexibility index (Phi) is 6.09. The van der Waals surface area contributed by atoms with Gasteiger partial charge in [-0.25, -0.2) is 0 Å². The summed E-state index contributed by atoms with van der Waals surface area (Å²) in [6.45, 7) is 10.6. The van der Waals surface area contributed by atoms with E-state index in [9.17, 15) is 4.79 Å². The summed E-state index contributed by atoms with van der Waals surface area (Å²) < 4.78 is 2.07. The Bertz CT molecular complexity index is 740. The van der Waals surface area contributed by atoms with Crippen LogP contribution in [0.25, 0.3) is 0 Å². The highest BCUT2D eigenvalue weighted by Gasteiger charge is 2.18. The molecule has 3 rings (SSSR count). The molecule has 1 aliphatic rings. The lowest BCUT2D eigenvalue weighted by atomic mass is 10.1. The van der Waals surface area contributed by atoms with E-state index in [1.54, 1.807) is 0 Å². The molecule has 5 nitrogen and oxygen atoms in total. The van der Waals surface area contributed by atoms with E-state index in [0.29, 0.717) is 6.42 Å². The van der Waals surface area contributed by atoms with Crippen molar-refractivity contribution in [2.24, 2.45) is 0 Å². The van der Waals surface area contributed by atoms with Gasteiger partial charge in [0.2, 0.25) is 5.91 Å². The predicted molar refractivity (Wildman–Crippen MR) is 104 cm³/mol. The summed E-state index contributed by atoms with van der Waals surface area (Å²) in [5.74, 6) is 0.263. The van der Waals surface area contributed by atoms with Crippen LogP contribution in [0.3, 0.4) is 0 Å². The third-order valence-electron chi connectivity index (χ3n) is 5.27. The number of benzene rings is 1. The molecule has 5 heteroatoms. The highest BCUT2D eigenvalue weighted by Crippen LogP contribution is 2.17. The Labute approximate surface area is 156 Å². The number of nitrogens with zero attached hydrogens (tertiary/aromatic N) is 3. The summed E-state index contributed by atoms with van der Waals surface area (Å²) in [6, 6.07) is 8.58. The molecular formula is C21H30N4O. The van der Waals surface area contributed by atoms with Crippen LogP contribution >= 0.6 is 0 Å². The van der Waals surface area contributed by atoms with Gasteiger partial charge in [0, 0.05) is 31.7 Å². The van der Waals surface area contributed by atoms with Crippen molar-refractivity contribution in [3.63, 3.8) is 0 Å². The number of amides is 1. The molecular weight excluding hydrogens is 324 g/mol. The molecule has 0 saturated carbocycles. The van der Waals surface area contributed by atoms with Crippen LogP contribution in [-0.2, 0) is 17.8 Å². The van der Waals surface area contributed by atoms with Crippen molar-refractivity contribution < 1.29 is 4.79 Å². The molecule has 0 bridgehead atoms. The minimum atomic E-state index is 0.263. The standard InChI is InChI=1S/C21H30N4O/c1-16-5-7-19(8-6-16)15-25-18(3)20(17(2)23-25)9-10-21(26)24-13-4-11-22-12-14-24/h5-8,22H,4,9-15H2,1-3H3. The van der Waals surface area contributed by atoms with Crippen LogP contribution in [0.2, 0.25) is 0 Å². The van der Waals surface area contributed by atoms with Crippen molar-refractivity contribution in [3.8, 4) is 0 Å². The third-order valence-corrected chi connectivity index (χ3v) is 5.27. The Hall–Kier alpha value is -2.14. The SMILES string of the molecule is Cc1ccc(Cn2nc(C)c(CCC(=O)N3CCCNCC3)c2C)cc1. The number of rotatable bonds is 5. The van der Waals surface area contributed by atoms with Gasteiger partial charge >= 0.3 is 0 Å². The fraction of sp³-hybridized carbons (Fsp3) is 0.524. The molecule has 2 aromatic rings. The van der Waals surface area contributed by atoms with Crippen molar-refractivity contribution in [3.05, 3.63) is 52.3 Å². The molecule has 2 heterocycles. The number of carbonyl (C=O) groups excluding carboxylic acids is 1. The molecule has 0 spiro atoms. The van der Waals surface area contributed by atoms with Gasteiger partial charge in [0.15, 0.2) is 0 Å². The van der Waals surface area contributed by atoms with Gasteiger partial charge < -0.3 is 10.2 Å². The summed E-state index contributed by atoms with van der Waals surface area (Å²) in [4.78, 5) is 14.5. The van der Waals surface area contributed by atoms with Gasteiger partial charge in [0.25, 0.3) is 0 Å². The molecule has 1 amide bonds. The fourth-order valence-corrected chi connectivity index (χ4v) is 3.60. The number of hydrogen-bond acceptors (Lipinski definition) is 3. The van der Waals surface area contributed by atoms with Crippen LogP contribution in [-0.4, -0.2) is 46.8 Å². The predicted octanol–water partition coefficient (Wildman–Crippen LogP) is 2.61. The van der Waals surface area contributed by atoms with Crippen LogP contribution in [0.15, 0.2) is 24.3 Å². The molecule has 0 unspecified atom stereocenters. The van der Waals surface area contributed by atoms with Crippen molar-refractivity contribution in [1.29, 1.82) is 0 Å². The molecule has 140 valence electrons. The molecule has 1 saturated heterocycles. The minimum absolute atomic E-state index is 0.263. The van der Waals surface area contributed by atoms with E-state index in [1.807, 2.05) is 11.8 Å². The van der Waals surface area contributed by atoms with E-state index in [-0.39, 0.29) is 5.91 Å². The quantitative estimate of drug-likeness (QED) is 0.898. The first-order chi connectivity index (χ1) is 12.5. The average Bonchev–Trinajstić information content (AvgIpc) is 2.83. The summed E-state index contributed by atoms with van der Waals surface area (Å²) in [5.41, 5.74) is 5.96. The zero-order chi connectivity index (χ0) is 18.5. The smallest absolute Gasteiger partial charge is 0.222 e. The number of aryl methyl sites for hydroxylation is 2. The molecule has 1 aliphatic heterocycles. The summed E-state index contributed by atoms with van der Waals surface area (Å²) in [6.07, 6.45) is 2.38. The van der Waals surface area contributed by atoms with Crippen LogP contribution < -0.4 is 5.32 Å². The van der Waals surface area contributed by atoms with Crippen molar-refractivity contribution >= 4 is 5.91 Å². The van der Waals surface area contributed by atoms with Gasteiger partial charge in [0.05, 0.1) is 12.2 Å². The van der Waals surface area contributed by atoms with Gasteiger partial charge in [-0.3, -0.25) is 9.48 Å². The van der Waals surface area contributed by atoms with Crippen LogP contribution in [0.4, 0.5) is 0 Å². The van der Waals surface area contributed by atoms with Gasteiger partial charge in [0.1, 0.15) is 0 Å². The number of hydrogen-bond donors (Lipinski definition) is 1. The second-order valence-electron chi connectivity index (χ2n) is 7.28. The monoisotopic (exact) mass is 354 g/mol. The largest absolute Gasteiger partial charge is 0.341 e.